The van der Waals surface area contributed by atoms with E-state index in [-0.39, 0.29) is 10.6 Å². The molecule has 0 spiro atoms. The van der Waals surface area contributed by atoms with E-state index in [0.29, 0.717) is 5.69 Å². The molecular weight excluding hydrogens is 188 g/mol. The lowest BCUT2D eigenvalue weighted by molar-refractivity contribution is -0.384. The van der Waals surface area contributed by atoms with Gasteiger partial charge in [-0.05, 0) is 6.07 Å². The van der Waals surface area contributed by atoms with Crippen LogP contribution in [0.1, 0.15) is 0 Å². The summed E-state index contributed by atoms with van der Waals surface area (Å²) in [6.45, 7) is 0. The zero-order valence-electron chi connectivity index (χ0n) is 7.43. The van der Waals surface area contributed by atoms with Gasteiger partial charge in [0.25, 0.3) is 5.69 Å². The number of hydrogen-bond donors (Lipinski definition) is 0. The third-order valence-corrected chi connectivity index (χ3v) is 2.44. The molecule has 4 nitrogen and oxygen atoms in total. The Morgan fingerprint density at radius 3 is 2.62 bits per heavy atom. The summed E-state index contributed by atoms with van der Waals surface area (Å²) in [7, 11) is 1.80. The van der Waals surface area contributed by atoms with E-state index >= 15 is 0 Å². The zero-order valence-corrected chi connectivity index (χ0v) is 8.25. The maximum absolute atomic E-state index is 10.6. The first-order valence-electron chi connectivity index (χ1n) is 3.68. The van der Waals surface area contributed by atoms with Crippen LogP contribution in [0.25, 0.3) is 0 Å². The molecule has 0 aliphatic carbocycles. The second kappa shape index (κ2) is 4.13. The van der Waals surface area contributed by atoms with E-state index < -0.39 is 0 Å². The first-order valence-corrected chi connectivity index (χ1v) is 4.86. The number of nitro groups is 1. The van der Waals surface area contributed by atoms with Crippen molar-refractivity contribution in [3.05, 3.63) is 34.4 Å². The van der Waals surface area contributed by atoms with Crippen molar-refractivity contribution < 1.29 is 4.92 Å². The molecule has 0 atom stereocenters. The molecule has 0 heterocycles. The van der Waals surface area contributed by atoms with Crippen LogP contribution in [-0.4, -0.2) is 18.2 Å². The summed E-state index contributed by atoms with van der Waals surface area (Å²) in [6.07, 6.45) is 1.87. The van der Waals surface area contributed by atoms with Crippen molar-refractivity contribution in [3.8, 4) is 0 Å². The number of para-hydroxylation sites is 2. The molecule has 0 saturated carbocycles. The van der Waals surface area contributed by atoms with Crippen molar-refractivity contribution in [1.29, 1.82) is 0 Å². The van der Waals surface area contributed by atoms with Gasteiger partial charge in [0.1, 0.15) is 5.69 Å². The second-order valence-electron chi connectivity index (χ2n) is 2.43. The summed E-state index contributed by atoms with van der Waals surface area (Å²) in [5.41, 5.74) is 0.763. The van der Waals surface area contributed by atoms with Gasteiger partial charge in [-0.25, -0.2) is 0 Å². The fourth-order valence-corrected chi connectivity index (χ4v) is 1.33. The van der Waals surface area contributed by atoms with Crippen molar-refractivity contribution in [2.45, 2.75) is 0 Å². The highest BCUT2D eigenvalue weighted by Crippen LogP contribution is 2.29. The highest BCUT2D eigenvalue weighted by atomic mass is 32.2. The molecule has 0 saturated heterocycles. The monoisotopic (exact) mass is 198 g/mol. The summed E-state index contributed by atoms with van der Waals surface area (Å²) in [4.78, 5) is 10.2. The zero-order chi connectivity index (χ0) is 9.84. The predicted octanol–water partition coefficient (Wildman–Crippen LogP) is 2.31. The highest BCUT2D eigenvalue weighted by Gasteiger charge is 2.14. The van der Waals surface area contributed by atoms with Crippen molar-refractivity contribution in [2.24, 2.45) is 0 Å². The van der Waals surface area contributed by atoms with Gasteiger partial charge in [0.05, 0.1) is 4.92 Å². The molecule has 0 unspecified atom stereocenters. The average molecular weight is 198 g/mol. The van der Waals surface area contributed by atoms with E-state index in [4.69, 9.17) is 0 Å². The molecular formula is C8H10N2O2S. The summed E-state index contributed by atoms with van der Waals surface area (Å²) in [6, 6.07) is 6.68. The van der Waals surface area contributed by atoms with Crippen LogP contribution in [0.3, 0.4) is 0 Å². The summed E-state index contributed by atoms with van der Waals surface area (Å²) in [5.74, 6) is 0. The van der Waals surface area contributed by atoms with Gasteiger partial charge in [0.15, 0.2) is 0 Å². The largest absolute Gasteiger partial charge is 0.314 e. The molecule has 1 rings (SSSR count). The quantitative estimate of drug-likeness (QED) is 0.425. The highest BCUT2D eigenvalue weighted by molar-refractivity contribution is 7.99. The minimum absolute atomic E-state index is 0.138. The minimum atomic E-state index is -0.373. The van der Waals surface area contributed by atoms with Gasteiger partial charge < -0.3 is 4.31 Å². The number of rotatable bonds is 3. The Morgan fingerprint density at radius 2 is 2.08 bits per heavy atom. The fourth-order valence-electron chi connectivity index (χ4n) is 0.983. The standard InChI is InChI=1S/C8H10N2O2S/c1-9(13-2)7-5-3-4-6-8(7)10(11)12/h3-6H,1-2H3. The molecule has 0 fully saturated rings. The average Bonchev–Trinajstić information content (AvgIpc) is 2.16. The fraction of sp³-hybridized carbons (Fsp3) is 0.250. The van der Waals surface area contributed by atoms with Crippen molar-refractivity contribution >= 4 is 23.3 Å². The van der Waals surface area contributed by atoms with Crippen LogP contribution in [0.2, 0.25) is 0 Å². The lowest BCUT2D eigenvalue weighted by Gasteiger charge is -2.14. The van der Waals surface area contributed by atoms with Gasteiger partial charge >= 0.3 is 0 Å². The van der Waals surface area contributed by atoms with Crippen LogP contribution in [0, 0.1) is 10.1 Å². The molecule has 0 radical (unpaired) electrons. The SMILES string of the molecule is CSN(C)c1ccccc1[N+](=O)[O-]. The van der Waals surface area contributed by atoms with Crippen molar-refractivity contribution in [2.75, 3.05) is 17.6 Å². The summed E-state index contributed by atoms with van der Waals surface area (Å²) < 4.78 is 1.76. The first-order chi connectivity index (χ1) is 6.16. The Kier molecular flexibility index (Phi) is 3.13. The Bertz CT molecular complexity index is 317. The van der Waals surface area contributed by atoms with E-state index in [9.17, 15) is 10.1 Å². The molecule has 1 aromatic carbocycles. The third kappa shape index (κ3) is 2.12. The molecule has 0 aromatic heterocycles. The molecule has 0 N–H and O–H groups in total. The number of hydrogen-bond acceptors (Lipinski definition) is 4. The molecule has 0 bridgehead atoms. The van der Waals surface area contributed by atoms with Crippen molar-refractivity contribution in [3.63, 3.8) is 0 Å². The summed E-state index contributed by atoms with van der Waals surface area (Å²) >= 11 is 1.44. The molecule has 13 heavy (non-hydrogen) atoms. The van der Waals surface area contributed by atoms with E-state index in [2.05, 4.69) is 0 Å². The Balaban J connectivity index is 3.11. The van der Waals surface area contributed by atoms with Gasteiger partial charge in [0.2, 0.25) is 0 Å². The molecule has 70 valence electrons. The topological polar surface area (TPSA) is 46.4 Å². The lowest BCUT2D eigenvalue weighted by atomic mass is 10.3. The maximum atomic E-state index is 10.6. The van der Waals surface area contributed by atoms with Gasteiger partial charge in [-0.1, -0.05) is 24.1 Å². The number of benzene rings is 1. The normalized spacial score (nSPS) is 9.69. The maximum Gasteiger partial charge on any atom is 0.293 e. The Labute approximate surface area is 80.8 Å². The molecule has 1 aromatic rings. The van der Waals surface area contributed by atoms with E-state index in [0.717, 1.165) is 0 Å². The van der Waals surface area contributed by atoms with Gasteiger partial charge in [-0.2, -0.15) is 0 Å². The predicted molar refractivity (Wildman–Crippen MR) is 55.0 cm³/mol. The molecule has 0 aliphatic heterocycles. The van der Waals surface area contributed by atoms with Gasteiger partial charge in [0, 0.05) is 19.4 Å². The van der Waals surface area contributed by atoms with E-state index in [1.165, 1.54) is 18.0 Å². The van der Waals surface area contributed by atoms with E-state index in [1.54, 1.807) is 29.6 Å². The van der Waals surface area contributed by atoms with Crippen LogP contribution < -0.4 is 4.31 Å². The van der Waals surface area contributed by atoms with Crippen LogP contribution >= 0.6 is 11.9 Å². The first kappa shape index (κ1) is 9.85. The van der Waals surface area contributed by atoms with Gasteiger partial charge in [-0.15, -0.1) is 0 Å². The number of nitrogens with zero attached hydrogens (tertiary/aromatic N) is 2. The van der Waals surface area contributed by atoms with Crippen LogP contribution in [-0.2, 0) is 0 Å². The number of nitro benzene ring substituents is 1. The van der Waals surface area contributed by atoms with Crippen LogP contribution in [0.15, 0.2) is 24.3 Å². The second-order valence-corrected chi connectivity index (χ2v) is 3.34. The number of anilines is 1. The van der Waals surface area contributed by atoms with E-state index in [1.807, 2.05) is 6.26 Å². The molecule has 5 heteroatoms. The molecule has 0 aliphatic rings. The molecule has 0 amide bonds. The van der Waals surface area contributed by atoms with Gasteiger partial charge in [-0.3, -0.25) is 10.1 Å². The smallest absolute Gasteiger partial charge is 0.293 e. The lowest BCUT2D eigenvalue weighted by Crippen LogP contribution is -2.07. The third-order valence-electron chi connectivity index (χ3n) is 1.69. The Morgan fingerprint density at radius 1 is 1.46 bits per heavy atom. The van der Waals surface area contributed by atoms with Crippen LogP contribution in [0.4, 0.5) is 11.4 Å². The summed E-state index contributed by atoms with van der Waals surface area (Å²) in [5, 5.41) is 10.6. The van der Waals surface area contributed by atoms with Crippen molar-refractivity contribution in [1.82, 2.24) is 0 Å². The minimum Gasteiger partial charge on any atom is -0.314 e. The van der Waals surface area contributed by atoms with Crippen LogP contribution in [0.5, 0.6) is 0 Å². The Hall–Kier alpha value is -1.23.